The zero-order chi connectivity index (χ0) is 15.9. The van der Waals surface area contributed by atoms with E-state index in [1.807, 2.05) is 13.0 Å². The number of amides is 1. The highest BCUT2D eigenvalue weighted by molar-refractivity contribution is 5.85. The van der Waals surface area contributed by atoms with Crippen molar-refractivity contribution in [3.8, 4) is 0 Å². The Kier molecular flexibility index (Phi) is 3.77. The van der Waals surface area contributed by atoms with Crippen molar-refractivity contribution >= 4 is 17.5 Å². The van der Waals surface area contributed by atoms with Crippen LogP contribution in [0.15, 0.2) is 18.2 Å². The number of hydrogen-bond donors (Lipinski definition) is 1. The standard InChI is InChI=1S/C17H25N3O2/c1-5-10-22-16(21)18-12-6-7-14-13(11-12)17(2)8-9-19(3)15(17)20(14)4/h6-7,11,15H,5,8-10H2,1-4H3,(H,18,21). The number of ether oxygens (including phenoxy) is 1. The van der Waals surface area contributed by atoms with Crippen LogP contribution in [0.3, 0.4) is 0 Å². The van der Waals surface area contributed by atoms with E-state index in [1.165, 1.54) is 11.3 Å². The van der Waals surface area contributed by atoms with Gasteiger partial charge in [-0.1, -0.05) is 13.8 Å². The summed E-state index contributed by atoms with van der Waals surface area (Å²) in [6, 6.07) is 6.16. The number of benzene rings is 1. The first-order valence-corrected chi connectivity index (χ1v) is 7.98. The number of likely N-dealkylation sites (tertiary alicyclic amines) is 1. The summed E-state index contributed by atoms with van der Waals surface area (Å²) in [5.74, 6) is 0. The maximum absolute atomic E-state index is 11.7. The smallest absolute Gasteiger partial charge is 0.411 e. The molecule has 5 heteroatoms. The first kappa shape index (κ1) is 15.2. The van der Waals surface area contributed by atoms with Crippen molar-refractivity contribution < 1.29 is 9.53 Å². The SMILES string of the molecule is CCCOC(=O)Nc1ccc2c(c1)C1(C)CCN(C)C1N2C. The van der Waals surface area contributed by atoms with Gasteiger partial charge in [0.15, 0.2) is 0 Å². The summed E-state index contributed by atoms with van der Waals surface area (Å²) < 4.78 is 5.10. The molecule has 1 aromatic carbocycles. The molecule has 2 unspecified atom stereocenters. The van der Waals surface area contributed by atoms with Crippen molar-refractivity contribution in [3.63, 3.8) is 0 Å². The van der Waals surface area contributed by atoms with Gasteiger partial charge in [0.2, 0.25) is 0 Å². The van der Waals surface area contributed by atoms with Gasteiger partial charge in [0.25, 0.3) is 0 Å². The molecule has 2 aliphatic rings. The molecule has 22 heavy (non-hydrogen) atoms. The number of anilines is 2. The summed E-state index contributed by atoms with van der Waals surface area (Å²) in [6.45, 7) is 5.85. The number of rotatable bonds is 3. The van der Waals surface area contributed by atoms with Crippen LogP contribution < -0.4 is 10.2 Å². The fraction of sp³-hybridized carbons (Fsp3) is 0.588. The van der Waals surface area contributed by atoms with Crippen molar-refractivity contribution in [1.82, 2.24) is 4.90 Å². The first-order valence-electron chi connectivity index (χ1n) is 7.98. The summed E-state index contributed by atoms with van der Waals surface area (Å²) in [5.41, 5.74) is 3.50. The van der Waals surface area contributed by atoms with Gasteiger partial charge in [-0.05, 0) is 43.7 Å². The van der Waals surface area contributed by atoms with Crippen LogP contribution in [0.4, 0.5) is 16.2 Å². The number of carbonyl (C=O) groups excluding carboxylic acids is 1. The third-order valence-electron chi connectivity index (χ3n) is 5.01. The minimum atomic E-state index is -0.376. The summed E-state index contributed by atoms with van der Waals surface area (Å²) >= 11 is 0. The molecule has 0 saturated carbocycles. The fourth-order valence-corrected chi connectivity index (χ4v) is 4.00. The van der Waals surface area contributed by atoms with E-state index in [4.69, 9.17) is 4.74 Å². The molecule has 2 aliphatic heterocycles. The molecule has 120 valence electrons. The van der Waals surface area contributed by atoms with E-state index in [0.29, 0.717) is 12.8 Å². The van der Waals surface area contributed by atoms with Crippen LogP contribution in [0, 0.1) is 0 Å². The lowest BCUT2D eigenvalue weighted by Crippen LogP contribution is -2.45. The lowest BCUT2D eigenvalue weighted by molar-refractivity contribution is 0.161. The number of nitrogens with zero attached hydrogens (tertiary/aromatic N) is 2. The van der Waals surface area contributed by atoms with Gasteiger partial charge in [0, 0.05) is 30.4 Å². The Balaban J connectivity index is 1.86. The lowest BCUT2D eigenvalue weighted by Gasteiger charge is -2.32. The Hall–Kier alpha value is -1.75. The number of hydrogen-bond acceptors (Lipinski definition) is 4. The van der Waals surface area contributed by atoms with Crippen LogP contribution in [0.25, 0.3) is 0 Å². The van der Waals surface area contributed by atoms with Crippen LogP contribution in [0.5, 0.6) is 0 Å². The molecule has 0 bridgehead atoms. The highest BCUT2D eigenvalue weighted by Crippen LogP contribution is 2.51. The second-order valence-corrected chi connectivity index (χ2v) is 6.63. The predicted octanol–water partition coefficient (Wildman–Crippen LogP) is 3.01. The van der Waals surface area contributed by atoms with E-state index in [2.05, 4.69) is 48.3 Å². The minimum absolute atomic E-state index is 0.115. The summed E-state index contributed by atoms with van der Waals surface area (Å²) in [7, 11) is 4.33. The number of carbonyl (C=O) groups is 1. The third-order valence-corrected chi connectivity index (χ3v) is 5.01. The van der Waals surface area contributed by atoms with Gasteiger partial charge in [0.05, 0.1) is 12.8 Å². The van der Waals surface area contributed by atoms with Gasteiger partial charge >= 0.3 is 6.09 Å². The highest BCUT2D eigenvalue weighted by Gasteiger charge is 2.52. The number of likely N-dealkylation sites (N-methyl/N-ethyl adjacent to an activating group) is 2. The van der Waals surface area contributed by atoms with Gasteiger partial charge in [0.1, 0.15) is 0 Å². The van der Waals surface area contributed by atoms with Crippen molar-refractivity contribution in [1.29, 1.82) is 0 Å². The molecule has 2 heterocycles. The summed E-state index contributed by atoms with van der Waals surface area (Å²) in [4.78, 5) is 16.5. The van der Waals surface area contributed by atoms with Gasteiger partial charge in [-0.15, -0.1) is 0 Å². The maximum Gasteiger partial charge on any atom is 0.411 e. The molecular formula is C17H25N3O2. The number of nitrogens with one attached hydrogen (secondary N) is 1. The molecule has 1 N–H and O–H groups in total. The topological polar surface area (TPSA) is 44.8 Å². The molecule has 0 spiro atoms. The van der Waals surface area contributed by atoms with Gasteiger partial charge in [-0.3, -0.25) is 10.2 Å². The second kappa shape index (κ2) is 5.47. The molecule has 0 radical (unpaired) electrons. The van der Waals surface area contributed by atoms with Gasteiger partial charge in [-0.25, -0.2) is 4.79 Å². The number of fused-ring (bicyclic) bond motifs is 3. The average Bonchev–Trinajstić information content (AvgIpc) is 2.91. The van der Waals surface area contributed by atoms with Crippen LogP contribution in [-0.2, 0) is 10.2 Å². The van der Waals surface area contributed by atoms with E-state index in [0.717, 1.165) is 25.1 Å². The highest BCUT2D eigenvalue weighted by atomic mass is 16.5. The second-order valence-electron chi connectivity index (χ2n) is 6.63. The van der Waals surface area contributed by atoms with Gasteiger partial charge < -0.3 is 9.64 Å². The molecule has 0 aromatic heterocycles. The molecule has 0 aliphatic carbocycles. The monoisotopic (exact) mass is 303 g/mol. The molecule has 5 nitrogen and oxygen atoms in total. The van der Waals surface area contributed by atoms with Crippen molar-refractivity contribution in [2.75, 3.05) is 37.5 Å². The van der Waals surface area contributed by atoms with E-state index in [-0.39, 0.29) is 11.5 Å². The zero-order valence-electron chi connectivity index (χ0n) is 13.8. The fourth-order valence-electron chi connectivity index (χ4n) is 4.00. The van der Waals surface area contributed by atoms with Gasteiger partial charge in [-0.2, -0.15) is 0 Å². The quantitative estimate of drug-likeness (QED) is 0.932. The van der Waals surface area contributed by atoms with Crippen LogP contribution in [0.1, 0.15) is 32.3 Å². The normalized spacial score (nSPS) is 26.7. The molecule has 1 amide bonds. The molecule has 1 saturated heterocycles. The zero-order valence-corrected chi connectivity index (χ0v) is 13.8. The molecule has 1 aromatic rings. The Morgan fingerprint density at radius 1 is 1.45 bits per heavy atom. The van der Waals surface area contributed by atoms with E-state index < -0.39 is 0 Å². The first-order chi connectivity index (χ1) is 10.5. The lowest BCUT2D eigenvalue weighted by atomic mass is 9.81. The molecule has 1 fully saturated rings. The molecular weight excluding hydrogens is 278 g/mol. The largest absolute Gasteiger partial charge is 0.449 e. The van der Waals surface area contributed by atoms with E-state index >= 15 is 0 Å². The minimum Gasteiger partial charge on any atom is -0.449 e. The van der Waals surface area contributed by atoms with E-state index in [1.54, 1.807) is 0 Å². The van der Waals surface area contributed by atoms with E-state index in [9.17, 15) is 4.79 Å². The Morgan fingerprint density at radius 3 is 2.95 bits per heavy atom. The van der Waals surface area contributed by atoms with Crippen molar-refractivity contribution in [2.45, 2.75) is 38.3 Å². The average molecular weight is 303 g/mol. The molecule has 2 atom stereocenters. The summed E-state index contributed by atoms with van der Waals surface area (Å²) in [6.07, 6.45) is 1.98. The Bertz CT molecular complexity index is 589. The van der Waals surface area contributed by atoms with Crippen molar-refractivity contribution in [2.24, 2.45) is 0 Å². The predicted molar refractivity (Wildman–Crippen MR) is 88.5 cm³/mol. The van der Waals surface area contributed by atoms with Crippen LogP contribution in [-0.4, -0.2) is 44.4 Å². The Morgan fingerprint density at radius 2 is 2.23 bits per heavy atom. The summed E-state index contributed by atoms with van der Waals surface area (Å²) in [5, 5.41) is 2.84. The maximum atomic E-state index is 11.7. The van der Waals surface area contributed by atoms with Crippen LogP contribution in [0.2, 0.25) is 0 Å². The van der Waals surface area contributed by atoms with Crippen molar-refractivity contribution in [3.05, 3.63) is 23.8 Å². The Labute approximate surface area is 132 Å². The third kappa shape index (κ3) is 2.24. The molecule has 3 rings (SSSR count). The van der Waals surface area contributed by atoms with Crippen LogP contribution >= 0.6 is 0 Å².